The van der Waals surface area contributed by atoms with Gasteiger partial charge < -0.3 is 26.4 Å². The lowest BCUT2D eigenvalue weighted by Gasteiger charge is -2.41. The van der Waals surface area contributed by atoms with Crippen LogP contribution in [0.3, 0.4) is 0 Å². The summed E-state index contributed by atoms with van der Waals surface area (Å²) in [5.41, 5.74) is 5.43. The Morgan fingerprint density at radius 2 is 1.91 bits per heavy atom. The monoisotopic (exact) mass is 634 g/mol. The zero-order valence-electron chi connectivity index (χ0n) is 25.0. The Morgan fingerprint density at radius 1 is 1.21 bits per heavy atom. The van der Waals surface area contributed by atoms with Crippen LogP contribution in [0.2, 0.25) is 5.02 Å². The van der Waals surface area contributed by atoms with Gasteiger partial charge in [-0.15, -0.1) is 0 Å². The van der Waals surface area contributed by atoms with Crippen molar-refractivity contribution >= 4 is 46.7 Å². The summed E-state index contributed by atoms with van der Waals surface area (Å²) in [7, 11) is 0. The minimum atomic E-state index is -1.58. The van der Waals surface area contributed by atoms with Crippen molar-refractivity contribution in [3.8, 4) is 0 Å². The Bertz CT molecular complexity index is 1340. The fourth-order valence-corrected chi connectivity index (χ4v) is 7.78. The van der Waals surface area contributed by atoms with Crippen LogP contribution < -0.4 is 21.7 Å². The Morgan fingerprint density at radius 3 is 2.56 bits per heavy atom. The lowest BCUT2D eigenvalue weighted by molar-refractivity contribution is -0.152. The standard InChI is InChI=1S/C32H41Cl2FN4O4/c1-16(36)29(41)43-19-11-9-18(10-12-19)37-28(40)27-25(20-6-5-7-22(34)26(20)35)32(24(39-27)15-31(2,3)4)21-13-8-17(33)14-23(21)38-30(32)42/h5-8,13-14,16,18-20,24-27,39H,9-12,15,36H2,1-4H3,(H,37,40)(H,38,42)/t16-,18?,19?,20?,24+,25-,26?,27+,32-/m0/s1. The summed E-state index contributed by atoms with van der Waals surface area (Å²) < 4.78 is 21.5. The van der Waals surface area contributed by atoms with E-state index in [2.05, 4.69) is 36.7 Å². The number of anilines is 1. The number of alkyl halides is 1. The SMILES string of the molecule is C[C@H](N)C(=O)OC1CCC(NC(=O)[C@@H]2N[C@H](CC(C)(C)C)[C@]3(C(=O)Nc4cc(Cl)ccc43)[C@H]2C2C=CC=C(Cl)C2F)CC1. The Labute approximate surface area is 262 Å². The van der Waals surface area contributed by atoms with Crippen LogP contribution in [0.25, 0.3) is 0 Å². The zero-order valence-corrected chi connectivity index (χ0v) is 26.5. The lowest BCUT2D eigenvalue weighted by Crippen LogP contribution is -2.54. The minimum absolute atomic E-state index is 0.0375. The van der Waals surface area contributed by atoms with Gasteiger partial charge in [-0.25, -0.2) is 4.39 Å². The first-order chi connectivity index (χ1) is 20.2. The van der Waals surface area contributed by atoms with E-state index in [0.717, 1.165) is 0 Å². The van der Waals surface area contributed by atoms with Gasteiger partial charge in [0.1, 0.15) is 18.3 Å². The van der Waals surface area contributed by atoms with Crippen molar-refractivity contribution < 1.29 is 23.5 Å². The molecule has 2 aliphatic heterocycles. The molecule has 1 saturated heterocycles. The summed E-state index contributed by atoms with van der Waals surface area (Å²) >= 11 is 12.7. The number of hydrogen-bond acceptors (Lipinski definition) is 6. The number of esters is 1. The fourth-order valence-electron chi connectivity index (χ4n) is 7.39. The predicted molar refractivity (Wildman–Crippen MR) is 165 cm³/mol. The van der Waals surface area contributed by atoms with Gasteiger partial charge in [0, 0.05) is 34.6 Å². The molecule has 5 rings (SSSR count). The van der Waals surface area contributed by atoms with Gasteiger partial charge in [-0.05, 0) is 68.2 Å². The van der Waals surface area contributed by atoms with E-state index in [4.69, 9.17) is 33.7 Å². The van der Waals surface area contributed by atoms with Gasteiger partial charge in [-0.2, -0.15) is 0 Å². The average Bonchev–Trinajstić information content (AvgIpc) is 3.40. The Hall–Kier alpha value is -2.46. The highest BCUT2D eigenvalue weighted by Gasteiger charge is 2.67. The molecule has 7 atom stereocenters. The molecule has 0 aromatic heterocycles. The smallest absolute Gasteiger partial charge is 0.322 e. The number of hydrogen-bond donors (Lipinski definition) is 4. The van der Waals surface area contributed by atoms with Gasteiger partial charge >= 0.3 is 5.97 Å². The van der Waals surface area contributed by atoms with Crippen LogP contribution in [0, 0.1) is 17.3 Å². The molecule has 1 saturated carbocycles. The van der Waals surface area contributed by atoms with Gasteiger partial charge in [0.2, 0.25) is 11.8 Å². The molecule has 11 heteroatoms. The van der Waals surface area contributed by atoms with Crippen molar-refractivity contribution in [1.29, 1.82) is 0 Å². The summed E-state index contributed by atoms with van der Waals surface area (Å²) in [6.07, 6.45) is 6.07. The molecule has 4 aliphatic rings. The molecule has 2 heterocycles. The second kappa shape index (κ2) is 12.1. The van der Waals surface area contributed by atoms with E-state index in [1.807, 2.05) is 6.07 Å². The normalized spacial score (nSPS) is 34.4. The van der Waals surface area contributed by atoms with E-state index in [1.54, 1.807) is 31.2 Å². The molecule has 1 aromatic rings. The van der Waals surface area contributed by atoms with Crippen molar-refractivity contribution in [2.45, 2.75) is 102 Å². The first kappa shape index (κ1) is 31.9. The molecule has 5 N–H and O–H groups in total. The average molecular weight is 636 g/mol. The molecule has 2 aliphatic carbocycles. The summed E-state index contributed by atoms with van der Waals surface area (Å²) in [5, 5.41) is 10.2. The fraction of sp³-hybridized carbons (Fsp3) is 0.594. The third-order valence-corrected chi connectivity index (χ3v) is 9.82. The summed E-state index contributed by atoms with van der Waals surface area (Å²) in [4.78, 5) is 40.4. The maximum absolute atomic E-state index is 16.0. The Kier molecular flexibility index (Phi) is 9.02. The number of carbonyl (C=O) groups is 3. The molecule has 1 spiro atoms. The highest BCUT2D eigenvalue weighted by atomic mass is 35.5. The number of amides is 2. The maximum atomic E-state index is 16.0. The lowest BCUT2D eigenvalue weighted by atomic mass is 9.59. The first-order valence-corrected chi connectivity index (χ1v) is 15.8. The van der Waals surface area contributed by atoms with E-state index >= 15 is 4.39 Å². The minimum Gasteiger partial charge on any atom is -0.461 e. The molecule has 0 bridgehead atoms. The summed E-state index contributed by atoms with van der Waals surface area (Å²) in [5.74, 6) is -2.65. The highest BCUT2D eigenvalue weighted by molar-refractivity contribution is 6.31. The van der Waals surface area contributed by atoms with Gasteiger partial charge in [0.05, 0.1) is 16.5 Å². The van der Waals surface area contributed by atoms with E-state index in [-0.39, 0.29) is 34.4 Å². The van der Waals surface area contributed by atoms with Crippen molar-refractivity contribution in [2.24, 2.45) is 23.0 Å². The topological polar surface area (TPSA) is 123 Å². The molecule has 0 radical (unpaired) electrons. The number of ether oxygens (including phenoxy) is 1. The number of carbonyl (C=O) groups excluding carboxylic acids is 3. The van der Waals surface area contributed by atoms with Crippen molar-refractivity contribution in [2.75, 3.05) is 5.32 Å². The number of allylic oxidation sites excluding steroid dienone is 4. The van der Waals surface area contributed by atoms with Crippen LogP contribution in [0.5, 0.6) is 0 Å². The number of rotatable bonds is 6. The van der Waals surface area contributed by atoms with Crippen LogP contribution in [0.4, 0.5) is 10.1 Å². The van der Waals surface area contributed by atoms with E-state index in [1.165, 1.54) is 6.08 Å². The van der Waals surface area contributed by atoms with Gasteiger partial charge in [0.15, 0.2) is 0 Å². The molecule has 2 fully saturated rings. The van der Waals surface area contributed by atoms with Gasteiger partial charge in [0.25, 0.3) is 0 Å². The molecular formula is C32H41Cl2FN4O4. The third-order valence-electron chi connectivity index (χ3n) is 9.25. The molecule has 234 valence electrons. The second-order valence-corrected chi connectivity index (χ2v) is 14.5. The van der Waals surface area contributed by atoms with Crippen molar-refractivity contribution in [1.82, 2.24) is 10.6 Å². The molecular weight excluding hydrogens is 594 g/mol. The van der Waals surface area contributed by atoms with E-state index in [0.29, 0.717) is 48.4 Å². The number of benzene rings is 1. The third kappa shape index (κ3) is 6.10. The highest BCUT2D eigenvalue weighted by Crippen LogP contribution is 2.57. The first-order valence-electron chi connectivity index (χ1n) is 15.0. The van der Waals surface area contributed by atoms with E-state index in [9.17, 15) is 14.4 Å². The van der Waals surface area contributed by atoms with Crippen LogP contribution >= 0.6 is 23.2 Å². The molecule has 43 heavy (non-hydrogen) atoms. The molecule has 2 unspecified atom stereocenters. The molecule has 1 aromatic carbocycles. The number of nitrogens with one attached hydrogen (secondary N) is 3. The van der Waals surface area contributed by atoms with Crippen molar-refractivity contribution in [3.63, 3.8) is 0 Å². The number of fused-ring (bicyclic) bond motifs is 2. The summed E-state index contributed by atoms with van der Waals surface area (Å²) in [6.45, 7) is 7.82. The maximum Gasteiger partial charge on any atom is 0.322 e. The second-order valence-electron chi connectivity index (χ2n) is 13.6. The summed E-state index contributed by atoms with van der Waals surface area (Å²) in [6, 6.07) is 3.04. The largest absolute Gasteiger partial charge is 0.461 e. The quantitative estimate of drug-likeness (QED) is 0.331. The number of halogens is 3. The van der Waals surface area contributed by atoms with Crippen LogP contribution in [-0.4, -0.2) is 54.2 Å². The van der Waals surface area contributed by atoms with Crippen LogP contribution in [0.1, 0.15) is 65.4 Å². The van der Waals surface area contributed by atoms with Gasteiger partial charge in [-0.3, -0.25) is 14.4 Å². The number of nitrogens with two attached hydrogens (primary N) is 1. The predicted octanol–water partition coefficient (Wildman–Crippen LogP) is 4.89. The molecule has 2 amide bonds. The van der Waals surface area contributed by atoms with E-state index < -0.39 is 47.5 Å². The zero-order chi connectivity index (χ0) is 31.3. The van der Waals surface area contributed by atoms with Crippen LogP contribution in [0.15, 0.2) is 41.5 Å². The van der Waals surface area contributed by atoms with Crippen molar-refractivity contribution in [3.05, 3.63) is 52.0 Å². The van der Waals surface area contributed by atoms with Crippen LogP contribution in [-0.2, 0) is 24.5 Å². The molecule has 8 nitrogen and oxygen atoms in total. The van der Waals surface area contributed by atoms with Gasteiger partial charge in [-0.1, -0.05) is 62.2 Å². The Balaban J connectivity index is 1.49.